The Morgan fingerprint density at radius 3 is 2.48 bits per heavy atom. The second-order valence-corrected chi connectivity index (χ2v) is 8.95. The minimum Gasteiger partial charge on any atom is -0.459 e. The topological polar surface area (TPSA) is 61.2 Å². The van der Waals surface area contributed by atoms with Crippen molar-refractivity contribution in [1.29, 1.82) is 0 Å². The lowest BCUT2D eigenvalue weighted by atomic mass is 9.87. The Morgan fingerprint density at radius 2 is 1.85 bits per heavy atom. The second kappa shape index (κ2) is 7.27. The molecule has 0 bridgehead atoms. The monoisotopic (exact) mass is 384 g/mol. The summed E-state index contributed by atoms with van der Waals surface area (Å²) in [5.41, 5.74) is 2.95. The average molecular weight is 385 g/mol. The summed E-state index contributed by atoms with van der Waals surface area (Å²) in [6.45, 7) is 10.4. The Morgan fingerprint density at radius 1 is 1.19 bits per heavy atom. The molecular formula is C21H24N2O3S. The average Bonchev–Trinajstić information content (AvgIpc) is 2.90. The van der Waals surface area contributed by atoms with Crippen LogP contribution in [-0.2, 0) is 28.1 Å². The number of hydrogen-bond donors (Lipinski definition) is 0. The molecule has 0 spiro atoms. The molecule has 0 fully saturated rings. The van der Waals surface area contributed by atoms with Crippen molar-refractivity contribution < 1.29 is 9.53 Å². The molecule has 0 aliphatic rings. The third-order valence-electron chi connectivity index (χ3n) is 4.68. The molecule has 0 atom stereocenters. The van der Waals surface area contributed by atoms with Gasteiger partial charge in [0.05, 0.1) is 11.7 Å². The van der Waals surface area contributed by atoms with Crippen LogP contribution in [-0.4, -0.2) is 15.5 Å². The number of ether oxygens (including phenoxy) is 1. The van der Waals surface area contributed by atoms with Gasteiger partial charge in [-0.15, -0.1) is 11.3 Å². The first-order valence-corrected chi connectivity index (χ1v) is 9.68. The number of carbonyl (C=O) groups is 1. The molecule has 3 rings (SSSR count). The SMILES string of the molecule is Cc1sc2ncn(CC(=O)OCc3ccc(C(C)(C)C)cc3)c(=O)c2c1C. The molecular weight excluding hydrogens is 360 g/mol. The van der Waals surface area contributed by atoms with Crippen LogP contribution in [0, 0.1) is 13.8 Å². The number of benzene rings is 1. The van der Waals surface area contributed by atoms with Crippen molar-refractivity contribution in [2.45, 2.75) is 53.2 Å². The standard InChI is InChI=1S/C21H24N2O3S/c1-13-14(2)27-19-18(13)20(25)23(12-22-19)10-17(24)26-11-15-6-8-16(9-7-15)21(3,4)5/h6-9,12H,10-11H2,1-5H3. The lowest BCUT2D eigenvalue weighted by Gasteiger charge is -2.19. The first-order valence-electron chi connectivity index (χ1n) is 8.87. The van der Waals surface area contributed by atoms with Gasteiger partial charge in [0, 0.05) is 4.88 Å². The number of rotatable bonds is 4. The van der Waals surface area contributed by atoms with Crippen molar-refractivity contribution in [3.05, 3.63) is 62.5 Å². The number of nitrogens with zero attached hydrogens (tertiary/aromatic N) is 2. The number of fused-ring (bicyclic) bond motifs is 1. The van der Waals surface area contributed by atoms with Gasteiger partial charge >= 0.3 is 5.97 Å². The van der Waals surface area contributed by atoms with E-state index in [9.17, 15) is 9.59 Å². The number of aryl methyl sites for hydroxylation is 2. The third-order valence-corrected chi connectivity index (χ3v) is 5.79. The van der Waals surface area contributed by atoms with E-state index in [4.69, 9.17) is 4.74 Å². The number of esters is 1. The van der Waals surface area contributed by atoms with E-state index in [1.165, 1.54) is 27.8 Å². The maximum atomic E-state index is 12.6. The molecule has 0 aliphatic carbocycles. The normalized spacial score (nSPS) is 11.7. The van der Waals surface area contributed by atoms with Crippen LogP contribution in [0.15, 0.2) is 35.4 Å². The highest BCUT2D eigenvalue weighted by molar-refractivity contribution is 7.18. The smallest absolute Gasteiger partial charge is 0.326 e. The number of carbonyl (C=O) groups excluding carboxylic acids is 1. The lowest BCUT2D eigenvalue weighted by Crippen LogP contribution is -2.25. The third kappa shape index (κ3) is 4.11. The van der Waals surface area contributed by atoms with Gasteiger partial charge in [-0.3, -0.25) is 14.2 Å². The van der Waals surface area contributed by atoms with Crippen LogP contribution >= 0.6 is 11.3 Å². The molecule has 3 aromatic rings. The van der Waals surface area contributed by atoms with Crippen molar-refractivity contribution in [1.82, 2.24) is 9.55 Å². The Hall–Kier alpha value is -2.47. The molecule has 0 N–H and O–H groups in total. The predicted molar refractivity (Wildman–Crippen MR) is 108 cm³/mol. The van der Waals surface area contributed by atoms with E-state index in [0.717, 1.165) is 16.0 Å². The van der Waals surface area contributed by atoms with Crippen molar-refractivity contribution >= 4 is 27.5 Å². The summed E-state index contributed by atoms with van der Waals surface area (Å²) < 4.78 is 6.65. The van der Waals surface area contributed by atoms with E-state index in [1.54, 1.807) is 0 Å². The van der Waals surface area contributed by atoms with Crippen LogP contribution in [0.4, 0.5) is 0 Å². The minimum atomic E-state index is -0.456. The fourth-order valence-corrected chi connectivity index (χ4v) is 3.82. The summed E-state index contributed by atoms with van der Waals surface area (Å²) in [6, 6.07) is 8.02. The summed E-state index contributed by atoms with van der Waals surface area (Å²) in [5.74, 6) is -0.456. The van der Waals surface area contributed by atoms with Gasteiger partial charge in [-0.05, 0) is 36.0 Å². The van der Waals surface area contributed by atoms with Gasteiger partial charge in [0.25, 0.3) is 5.56 Å². The van der Waals surface area contributed by atoms with Gasteiger partial charge in [-0.25, -0.2) is 4.98 Å². The van der Waals surface area contributed by atoms with Crippen molar-refractivity contribution in [3.63, 3.8) is 0 Å². The van der Waals surface area contributed by atoms with Crippen LogP contribution < -0.4 is 5.56 Å². The molecule has 0 saturated heterocycles. The molecule has 1 aromatic carbocycles. The maximum Gasteiger partial charge on any atom is 0.326 e. The zero-order valence-electron chi connectivity index (χ0n) is 16.3. The Bertz CT molecular complexity index is 1040. The maximum absolute atomic E-state index is 12.6. The number of thiophene rings is 1. The van der Waals surface area contributed by atoms with E-state index in [0.29, 0.717) is 10.2 Å². The molecule has 0 radical (unpaired) electrons. The van der Waals surface area contributed by atoms with Gasteiger partial charge in [-0.1, -0.05) is 45.0 Å². The predicted octanol–water partition coefficient (Wildman–Crippen LogP) is 4.12. The quantitative estimate of drug-likeness (QED) is 0.635. The molecule has 142 valence electrons. The molecule has 0 amide bonds. The zero-order chi connectivity index (χ0) is 19.8. The molecule has 2 aromatic heterocycles. The van der Waals surface area contributed by atoms with Gasteiger partial charge < -0.3 is 4.74 Å². The lowest BCUT2D eigenvalue weighted by molar-refractivity contribution is -0.145. The molecule has 0 aliphatic heterocycles. The van der Waals surface area contributed by atoms with Crippen LogP contribution in [0.1, 0.15) is 42.3 Å². The van der Waals surface area contributed by atoms with Crippen molar-refractivity contribution in [2.75, 3.05) is 0 Å². The summed E-state index contributed by atoms with van der Waals surface area (Å²) in [4.78, 5) is 30.9. The Kier molecular flexibility index (Phi) is 5.20. The zero-order valence-corrected chi connectivity index (χ0v) is 17.1. The van der Waals surface area contributed by atoms with Gasteiger partial charge in [0.15, 0.2) is 0 Å². The Balaban J connectivity index is 1.68. The molecule has 0 saturated carbocycles. The molecule has 27 heavy (non-hydrogen) atoms. The highest BCUT2D eigenvalue weighted by Crippen LogP contribution is 2.25. The largest absolute Gasteiger partial charge is 0.459 e. The van der Waals surface area contributed by atoms with Crippen LogP contribution in [0.25, 0.3) is 10.2 Å². The van der Waals surface area contributed by atoms with E-state index < -0.39 is 5.97 Å². The van der Waals surface area contributed by atoms with Crippen LogP contribution in [0.3, 0.4) is 0 Å². The molecule has 6 heteroatoms. The van der Waals surface area contributed by atoms with Crippen LogP contribution in [0.2, 0.25) is 0 Å². The van der Waals surface area contributed by atoms with Crippen molar-refractivity contribution in [3.8, 4) is 0 Å². The van der Waals surface area contributed by atoms with Gasteiger partial charge in [0.1, 0.15) is 18.0 Å². The summed E-state index contributed by atoms with van der Waals surface area (Å²) >= 11 is 1.49. The van der Waals surface area contributed by atoms with Crippen LogP contribution in [0.5, 0.6) is 0 Å². The fourth-order valence-electron chi connectivity index (χ4n) is 2.83. The van der Waals surface area contributed by atoms with E-state index in [1.807, 2.05) is 38.1 Å². The highest BCUT2D eigenvalue weighted by atomic mass is 32.1. The number of hydrogen-bond acceptors (Lipinski definition) is 5. The molecule has 5 nitrogen and oxygen atoms in total. The van der Waals surface area contributed by atoms with E-state index in [2.05, 4.69) is 25.8 Å². The molecule has 2 heterocycles. The molecule has 0 unspecified atom stereocenters. The second-order valence-electron chi connectivity index (χ2n) is 7.75. The van der Waals surface area contributed by atoms with Crippen molar-refractivity contribution in [2.24, 2.45) is 0 Å². The minimum absolute atomic E-state index is 0.0835. The first-order chi connectivity index (χ1) is 12.7. The Labute approximate surface area is 162 Å². The van der Waals surface area contributed by atoms with Gasteiger partial charge in [-0.2, -0.15) is 0 Å². The summed E-state index contributed by atoms with van der Waals surface area (Å²) in [7, 11) is 0. The highest BCUT2D eigenvalue weighted by Gasteiger charge is 2.15. The van der Waals surface area contributed by atoms with Gasteiger partial charge in [0.2, 0.25) is 0 Å². The number of aromatic nitrogens is 2. The van der Waals surface area contributed by atoms with E-state index in [-0.39, 0.29) is 24.1 Å². The fraction of sp³-hybridized carbons (Fsp3) is 0.381. The summed E-state index contributed by atoms with van der Waals surface area (Å²) in [5, 5.41) is 0.588. The first kappa shape index (κ1) is 19.3. The summed E-state index contributed by atoms with van der Waals surface area (Å²) in [6.07, 6.45) is 1.42. The van der Waals surface area contributed by atoms with E-state index >= 15 is 0 Å².